The van der Waals surface area contributed by atoms with Gasteiger partial charge < -0.3 is 20.3 Å². The summed E-state index contributed by atoms with van der Waals surface area (Å²) < 4.78 is 47.6. The van der Waals surface area contributed by atoms with E-state index in [4.69, 9.17) is 4.74 Å². The van der Waals surface area contributed by atoms with Crippen LogP contribution in [0.4, 0.5) is 4.39 Å². The molecule has 1 heterocycles. The number of phenolic OH excluding ortho intramolecular Hbond substituents is 1. The van der Waals surface area contributed by atoms with Crippen LogP contribution in [0.2, 0.25) is 0 Å². The molecule has 35 heavy (non-hydrogen) atoms. The van der Waals surface area contributed by atoms with E-state index in [0.29, 0.717) is 24.8 Å². The van der Waals surface area contributed by atoms with Gasteiger partial charge in [-0.05, 0) is 49.1 Å². The number of hydrogen-bond acceptors (Lipinski definition) is 6. The van der Waals surface area contributed by atoms with Crippen LogP contribution in [-0.4, -0.2) is 73.2 Å². The van der Waals surface area contributed by atoms with E-state index in [9.17, 15) is 27.8 Å². The number of amides is 1. The summed E-state index contributed by atoms with van der Waals surface area (Å²) in [6, 6.07) is 10.6. The molecule has 0 unspecified atom stereocenters. The van der Waals surface area contributed by atoms with E-state index in [0.717, 1.165) is 4.31 Å². The Balaban J connectivity index is 1.85. The molecule has 0 spiro atoms. The summed E-state index contributed by atoms with van der Waals surface area (Å²) in [5, 5.41) is 22.6. The third kappa shape index (κ3) is 5.75. The van der Waals surface area contributed by atoms with Gasteiger partial charge in [-0.25, -0.2) is 4.39 Å². The summed E-state index contributed by atoms with van der Waals surface area (Å²) in [7, 11) is -2.47. The standard InChI is InChI=1S/C24H32FN3O6S/c1-3-12-28(17-29)35(32,33)27-13-10-24(11-14-27,18-6-4-7-19(25)15-18)16-26-23(31)22-20(30)8-5-9-21(22)34-2/h4-9,15,29-30H,3,10-14,16-17H2,1-2H3,(H,26,31). The van der Waals surface area contributed by atoms with Crippen LogP contribution in [0, 0.1) is 5.82 Å². The lowest BCUT2D eigenvalue weighted by atomic mass is 9.73. The summed E-state index contributed by atoms with van der Waals surface area (Å²) in [5.41, 5.74) is -0.106. The van der Waals surface area contributed by atoms with Crippen molar-refractivity contribution in [3.63, 3.8) is 0 Å². The lowest BCUT2D eigenvalue weighted by molar-refractivity contribution is 0.0925. The third-order valence-corrected chi connectivity index (χ3v) is 8.41. The first-order valence-corrected chi connectivity index (χ1v) is 12.8. The molecule has 2 aromatic rings. The van der Waals surface area contributed by atoms with Gasteiger partial charge in [-0.3, -0.25) is 4.79 Å². The molecular formula is C24H32FN3O6S. The molecule has 0 aromatic heterocycles. The second-order valence-corrected chi connectivity index (χ2v) is 10.5. The van der Waals surface area contributed by atoms with E-state index in [1.165, 1.54) is 29.6 Å². The second kappa shape index (κ2) is 11.3. The van der Waals surface area contributed by atoms with Gasteiger partial charge in [0.2, 0.25) is 0 Å². The number of aromatic hydroxyl groups is 1. The van der Waals surface area contributed by atoms with Gasteiger partial charge in [0.25, 0.3) is 16.1 Å². The number of benzene rings is 2. The van der Waals surface area contributed by atoms with E-state index in [-0.39, 0.29) is 43.2 Å². The van der Waals surface area contributed by atoms with Gasteiger partial charge in [-0.2, -0.15) is 17.0 Å². The Labute approximate surface area is 205 Å². The Morgan fingerprint density at radius 2 is 1.91 bits per heavy atom. The molecule has 0 radical (unpaired) electrons. The van der Waals surface area contributed by atoms with Gasteiger partial charge in [-0.15, -0.1) is 0 Å². The number of methoxy groups -OCH3 is 1. The van der Waals surface area contributed by atoms with Crippen molar-refractivity contribution >= 4 is 16.1 Å². The number of aliphatic hydroxyl groups is 1. The maximum Gasteiger partial charge on any atom is 0.283 e. The average Bonchev–Trinajstić information content (AvgIpc) is 2.85. The maximum atomic E-state index is 14.1. The Kier molecular flexibility index (Phi) is 8.70. The fraction of sp³-hybridized carbons (Fsp3) is 0.458. The Bertz CT molecular complexity index is 1140. The fourth-order valence-corrected chi connectivity index (χ4v) is 5.99. The minimum Gasteiger partial charge on any atom is -0.507 e. The highest BCUT2D eigenvalue weighted by Crippen LogP contribution is 2.37. The van der Waals surface area contributed by atoms with Crippen molar-refractivity contribution in [2.45, 2.75) is 31.6 Å². The first-order chi connectivity index (χ1) is 16.7. The molecule has 1 aliphatic rings. The number of piperidine rings is 1. The van der Waals surface area contributed by atoms with Crippen molar-refractivity contribution in [3.8, 4) is 11.5 Å². The molecular weight excluding hydrogens is 477 g/mol. The number of rotatable bonds is 10. The number of ether oxygens (including phenoxy) is 1. The van der Waals surface area contributed by atoms with Crippen LogP contribution in [0.1, 0.15) is 42.1 Å². The molecule has 1 fully saturated rings. The Morgan fingerprint density at radius 3 is 2.51 bits per heavy atom. The number of phenols is 1. The van der Waals surface area contributed by atoms with Crippen LogP contribution in [0.15, 0.2) is 42.5 Å². The third-order valence-electron chi connectivity index (χ3n) is 6.44. The zero-order valence-corrected chi connectivity index (χ0v) is 20.7. The summed E-state index contributed by atoms with van der Waals surface area (Å²) >= 11 is 0. The molecule has 0 atom stereocenters. The lowest BCUT2D eigenvalue weighted by Crippen LogP contribution is -2.53. The van der Waals surface area contributed by atoms with Gasteiger partial charge in [0, 0.05) is 31.6 Å². The van der Waals surface area contributed by atoms with Crippen molar-refractivity contribution in [3.05, 3.63) is 59.4 Å². The van der Waals surface area contributed by atoms with E-state index in [1.807, 2.05) is 6.92 Å². The van der Waals surface area contributed by atoms with Crippen LogP contribution in [0.5, 0.6) is 11.5 Å². The summed E-state index contributed by atoms with van der Waals surface area (Å²) in [5.74, 6) is -1.01. The summed E-state index contributed by atoms with van der Waals surface area (Å²) in [6.07, 6.45) is 1.20. The van der Waals surface area contributed by atoms with E-state index in [2.05, 4.69) is 5.32 Å². The molecule has 192 valence electrons. The highest BCUT2D eigenvalue weighted by Gasteiger charge is 2.41. The molecule has 1 amide bonds. The maximum absolute atomic E-state index is 14.1. The second-order valence-electron chi connectivity index (χ2n) is 8.55. The summed E-state index contributed by atoms with van der Waals surface area (Å²) in [4.78, 5) is 13.0. The SMILES string of the molecule is CCCN(CO)S(=O)(=O)N1CCC(CNC(=O)c2c(O)cccc2OC)(c2cccc(F)c2)CC1. The molecule has 0 saturated carbocycles. The molecule has 0 aliphatic carbocycles. The van der Waals surface area contributed by atoms with Crippen LogP contribution in [0.3, 0.4) is 0 Å². The zero-order chi connectivity index (χ0) is 25.6. The predicted octanol–water partition coefficient (Wildman–Crippen LogP) is 2.21. The smallest absolute Gasteiger partial charge is 0.283 e. The summed E-state index contributed by atoms with van der Waals surface area (Å²) in [6.45, 7) is 1.78. The van der Waals surface area contributed by atoms with E-state index in [1.54, 1.807) is 24.3 Å². The van der Waals surface area contributed by atoms with Crippen molar-refractivity contribution in [1.82, 2.24) is 13.9 Å². The van der Waals surface area contributed by atoms with Crippen molar-refractivity contribution in [2.24, 2.45) is 0 Å². The molecule has 1 saturated heterocycles. The molecule has 9 nitrogen and oxygen atoms in total. The molecule has 3 rings (SSSR count). The van der Waals surface area contributed by atoms with E-state index < -0.39 is 34.1 Å². The number of nitrogens with zero attached hydrogens (tertiary/aromatic N) is 2. The van der Waals surface area contributed by atoms with E-state index >= 15 is 0 Å². The van der Waals surface area contributed by atoms with Gasteiger partial charge in [0.1, 0.15) is 29.6 Å². The number of aliphatic hydroxyl groups excluding tert-OH is 1. The molecule has 0 bridgehead atoms. The topological polar surface area (TPSA) is 119 Å². The van der Waals surface area contributed by atoms with Gasteiger partial charge >= 0.3 is 0 Å². The first kappa shape index (κ1) is 26.9. The van der Waals surface area contributed by atoms with Crippen molar-refractivity contribution < 1.29 is 32.6 Å². The largest absolute Gasteiger partial charge is 0.507 e. The quantitative estimate of drug-likeness (QED) is 0.423. The van der Waals surface area contributed by atoms with Gasteiger partial charge in [-0.1, -0.05) is 25.1 Å². The Hall–Kier alpha value is -2.73. The average molecular weight is 510 g/mol. The fourth-order valence-electron chi connectivity index (χ4n) is 4.46. The Morgan fingerprint density at radius 1 is 1.23 bits per heavy atom. The highest BCUT2D eigenvalue weighted by atomic mass is 32.2. The number of nitrogens with one attached hydrogen (secondary N) is 1. The highest BCUT2D eigenvalue weighted by molar-refractivity contribution is 7.86. The number of carbonyl (C=O) groups excluding carboxylic acids is 1. The zero-order valence-electron chi connectivity index (χ0n) is 19.9. The van der Waals surface area contributed by atoms with Crippen LogP contribution < -0.4 is 10.1 Å². The normalized spacial score (nSPS) is 16.3. The molecule has 11 heteroatoms. The first-order valence-electron chi connectivity index (χ1n) is 11.4. The number of carbonyl (C=O) groups is 1. The van der Waals surface area contributed by atoms with Crippen LogP contribution in [0.25, 0.3) is 0 Å². The predicted molar refractivity (Wildman–Crippen MR) is 129 cm³/mol. The van der Waals surface area contributed by atoms with Crippen LogP contribution >= 0.6 is 0 Å². The molecule has 3 N–H and O–H groups in total. The van der Waals surface area contributed by atoms with Crippen LogP contribution in [-0.2, 0) is 15.6 Å². The van der Waals surface area contributed by atoms with Gasteiger partial charge in [0.15, 0.2) is 0 Å². The minimum atomic E-state index is -3.86. The number of halogens is 1. The number of hydrogen-bond donors (Lipinski definition) is 3. The van der Waals surface area contributed by atoms with Gasteiger partial charge in [0.05, 0.1) is 7.11 Å². The molecule has 1 aliphatic heterocycles. The monoisotopic (exact) mass is 509 g/mol. The molecule has 2 aromatic carbocycles. The van der Waals surface area contributed by atoms with Crippen molar-refractivity contribution in [2.75, 3.05) is 40.0 Å². The minimum absolute atomic E-state index is 0.0115. The van der Waals surface area contributed by atoms with Crippen molar-refractivity contribution in [1.29, 1.82) is 0 Å². The lowest BCUT2D eigenvalue weighted by Gasteiger charge is -2.42.